The van der Waals surface area contributed by atoms with Crippen LogP contribution < -0.4 is 0 Å². The highest BCUT2D eigenvalue weighted by Crippen LogP contribution is 2.28. The summed E-state index contributed by atoms with van der Waals surface area (Å²) in [6.45, 7) is 11.3. The van der Waals surface area contributed by atoms with E-state index in [0.717, 1.165) is 0 Å². The Balaban J connectivity index is 2.97. The van der Waals surface area contributed by atoms with Crippen LogP contribution in [0.25, 0.3) is 0 Å². The molecule has 0 heterocycles. The summed E-state index contributed by atoms with van der Waals surface area (Å²) in [5, 5.41) is 1.44. The van der Waals surface area contributed by atoms with Gasteiger partial charge in [-0.1, -0.05) is 46.0 Å². The summed E-state index contributed by atoms with van der Waals surface area (Å²) in [5.74, 6) is 0. The third kappa shape index (κ3) is 2.04. The minimum atomic E-state index is -0.306. The molecule has 0 N–H and O–H groups in total. The summed E-state index contributed by atoms with van der Waals surface area (Å²) >= 11 is 0. The van der Waals surface area contributed by atoms with Crippen LogP contribution in [0.3, 0.4) is 0 Å². The Morgan fingerprint density at radius 2 is 1.75 bits per heavy atom. The van der Waals surface area contributed by atoms with Crippen LogP contribution in [-0.2, 0) is 0 Å². The van der Waals surface area contributed by atoms with Crippen molar-refractivity contribution < 1.29 is 0 Å². The molecular weight excluding hydrogens is 160 g/mol. The van der Waals surface area contributed by atoms with E-state index in [1.54, 1.807) is 0 Å². The fourth-order valence-corrected chi connectivity index (χ4v) is 1.93. The van der Waals surface area contributed by atoms with Crippen LogP contribution in [-0.4, -0.2) is 13.6 Å². The number of allylic oxidation sites excluding steroid dienone is 4. The van der Waals surface area contributed by atoms with Gasteiger partial charge in [0.2, 0.25) is 0 Å². The molecule has 1 aliphatic rings. The maximum Gasteiger partial charge on any atom is 0.0136 e. The van der Waals surface area contributed by atoms with Gasteiger partial charge in [-0.05, 0) is 22.2 Å². The van der Waals surface area contributed by atoms with E-state index in [2.05, 4.69) is 52.1 Å². The van der Waals surface area contributed by atoms with Crippen LogP contribution in [0.4, 0.5) is 0 Å². The number of hydrogen-bond donors (Lipinski definition) is 0. The van der Waals surface area contributed by atoms with Crippen LogP contribution in [0.2, 0.25) is 13.1 Å². The highest BCUT2D eigenvalue weighted by atomic mass is 28.2. The van der Waals surface area contributed by atoms with E-state index in [0.29, 0.717) is 0 Å². The Kier molecular flexibility index (Phi) is 2.52. The lowest BCUT2D eigenvalue weighted by molar-refractivity contribution is 0.517. The highest BCUT2D eigenvalue weighted by Gasteiger charge is 2.17. The van der Waals surface area contributed by atoms with E-state index in [4.69, 9.17) is 0 Å². The Bertz CT molecular complexity index is 268. The molecule has 65 valence electrons. The predicted octanol–water partition coefficient (Wildman–Crippen LogP) is 2.84. The molecule has 0 aliphatic heterocycles. The molecule has 12 heavy (non-hydrogen) atoms. The second-order valence-corrected chi connectivity index (χ2v) is 7.07. The van der Waals surface area contributed by atoms with Gasteiger partial charge >= 0.3 is 0 Å². The molecule has 0 fully saturated rings. The van der Waals surface area contributed by atoms with Crippen LogP contribution in [0.15, 0.2) is 17.7 Å². The van der Waals surface area contributed by atoms with Gasteiger partial charge in [-0.2, -0.15) is 0 Å². The lowest BCUT2D eigenvalue weighted by atomic mass is 9.87. The monoisotopic (exact) mass is 177 g/mol. The highest BCUT2D eigenvalue weighted by molar-refractivity contribution is 6.72. The topological polar surface area (TPSA) is 0 Å². The molecule has 0 amide bonds. The minimum absolute atomic E-state index is 0.259. The Labute approximate surface area is 77.2 Å². The summed E-state index contributed by atoms with van der Waals surface area (Å²) in [6.07, 6.45) is 7.94. The normalized spacial score (nSPS) is 16.8. The third-order valence-corrected chi connectivity index (χ3v) is 3.40. The molecule has 1 heteroatoms. The molecule has 0 spiro atoms. The predicted molar refractivity (Wildman–Crippen MR) is 57.8 cm³/mol. The average molecular weight is 177 g/mol. The van der Waals surface area contributed by atoms with Crippen molar-refractivity contribution in [3.63, 3.8) is 0 Å². The van der Waals surface area contributed by atoms with Gasteiger partial charge in [-0.15, -0.1) is 0 Å². The first-order valence-corrected chi connectivity index (χ1v) is 6.91. The molecule has 1 radical (unpaired) electrons. The molecule has 0 unspecified atom stereocenters. The van der Waals surface area contributed by atoms with Gasteiger partial charge in [-0.25, -0.2) is 0 Å². The molecule has 0 aromatic carbocycles. The zero-order chi connectivity index (χ0) is 9.35. The van der Waals surface area contributed by atoms with Crippen molar-refractivity contribution in [3.8, 4) is 0 Å². The molecule has 0 nitrogen and oxygen atoms in total. The van der Waals surface area contributed by atoms with E-state index < -0.39 is 0 Å². The molecule has 0 bridgehead atoms. The van der Waals surface area contributed by atoms with E-state index in [1.165, 1.54) is 10.7 Å². The molecule has 1 aliphatic carbocycles. The fraction of sp³-hybridized carbons (Fsp3) is 0.545. The Morgan fingerprint density at radius 3 is 2.00 bits per heavy atom. The summed E-state index contributed by atoms with van der Waals surface area (Å²) in [4.78, 5) is 0. The summed E-state index contributed by atoms with van der Waals surface area (Å²) in [6, 6.07) is 0. The zero-order valence-corrected chi connectivity index (χ0v) is 9.65. The van der Waals surface area contributed by atoms with Crippen LogP contribution in [0.1, 0.15) is 20.8 Å². The van der Waals surface area contributed by atoms with Crippen molar-refractivity contribution in [3.05, 3.63) is 23.8 Å². The first-order chi connectivity index (χ1) is 5.41. The van der Waals surface area contributed by atoms with E-state index in [-0.39, 0.29) is 13.8 Å². The van der Waals surface area contributed by atoms with Crippen molar-refractivity contribution in [2.75, 3.05) is 0 Å². The van der Waals surface area contributed by atoms with Gasteiger partial charge < -0.3 is 0 Å². The van der Waals surface area contributed by atoms with Crippen LogP contribution in [0, 0.1) is 11.5 Å². The average Bonchev–Trinajstić information content (AvgIpc) is 2.30. The van der Waals surface area contributed by atoms with Crippen molar-refractivity contribution in [1.82, 2.24) is 0 Å². The Morgan fingerprint density at radius 1 is 1.17 bits per heavy atom. The second-order valence-electron chi connectivity index (χ2n) is 4.54. The Hall–Kier alpha value is -0.433. The molecule has 0 aromatic rings. The SMILES string of the molecule is C[Si](C)=C1[C]=C(C(C)(C)C)C=C1. The number of rotatable bonds is 0. The van der Waals surface area contributed by atoms with Gasteiger partial charge in [-0.3, -0.25) is 0 Å². The first kappa shape index (κ1) is 9.65. The van der Waals surface area contributed by atoms with Crippen molar-refractivity contribution in [2.45, 2.75) is 33.9 Å². The first-order valence-electron chi connectivity index (χ1n) is 4.41. The van der Waals surface area contributed by atoms with Crippen LogP contribution in [0.5, 0.6) is 0 Å². The molecule has 0 aromatic heterocycles. The fourth-order valence-electron chi connectivity index (χ4n) is 1.12. The lowest BCUT2D eigenvalue weighted by Crippen LogP contribution is -2.08. The summed E-state index contributed by atoms with van der Waals surface area (Å²) in [7, 11) is -0.306. The second kappa shape index (κ2) is 3.13. The number of hydrogen-bond acceptors (Lipinski definition) is 0. The molecule has 0 atom stereocenters. The molecular formula is C11H17Si. The molecule has 0 saturated heterocycles. The van der Waals surface area contributed by atoms with E-state index in [1.807, 2.05) is 0 Å². The maximum atomic E-state index is 3.50. The van der Waals surface area contributed by atoms with Gasteiger partial charge in [0.15, 0.2) is 0 Å². The summed E-state index contributed by atoms with van der Waals surface area (Å²) in [5.41, 5.74) is 1.61. The largest absolute Gasteiger partial charge is 0.0589 e. The quantitative estimate of drug-likeness (QED) is 0.499. The van der Waals surface area contributed by atoms with Gasteiger partial charge in [0.05, 0.1) is 0 Å². The van der Waals surface area contributed by atoms with Crippen molar-refractivity contribution >= 4 is 13.6 Å². The summed E-state index contributed by atoms with van der Waals surface area (Å²) < 4.78 is 0. The van der Waals surface area contributed by atoms with Gasteiger partial charge in [0, 0.05) is 8.41 Å². The third-order valence-electron chi connectivity index (χ3n) is 2.03. The van der Waals surface area contributed by atoms with Crippen LogP contribution >= 0.6 is 0 Å². The molecule has 0 saturated carbocycles. The smallest absolute Gasteiger partial charge is 0.0136 e. The van der Waals surface area contributed by atoms with Crippen molar-refractivity contribution in [1.29, 1.82) is 0 Å². The standard InChI is InChI=1S/C11H17Si/c1-11(2,3)9-6-7-10(8-9)12(4)5/h6-7H,1-5H3. The maximum absolute atomic E-state index is 3.50. The lowest BCUT2D eigenvalue weighted by Gasteiger charge is -2.17. The van der Waals surface area contributed by atoms with Crippen molar-refractivity contribution in [2.24, 2.45) is 5.41 Å². The van der Waals surface area contributed by atoms with Gasteiger partial charge in [0.1, 0.15) is 0 Å². The minimum Gasteiger partial charge on any atom is -0.0589 e. The van der Waals surface area contributed by atoms with E-state index >= 15 is 0 Å². The van der Waals surface area contributed by atoms with E-state index in [9.17, 15) is 0 Å². The zero-order valence-electron chi connectivity index (χ0n) is 8.65. The molecule has 1 rings (SSSR count). The van der Waals surface area contributed by atoms with Gasteiger partial charge in [0.25, 0.3) is 0 Å².